The lowest BCUT2D eigenvalue weighted by Gasteiger charge is -2.13. The highest BCUT2D eigenvalue weighted by molar-refractivity contribution is 5.97. The summed E-state index contributed by atoms with van der Waals surface area (Å²) in [6.07, 6.45) is 0. The van der Waals surface area contributed by atoms with Crippen molar-refractivity contribution >= 4 is 23.2 Å². The van der Waals surface area contributed by atoms with Crippen molar-refractivity contribution in [2.75, 3.05) is 24.2 Å². The van der Waals surface area contributed by atoms with Gasteiger partial charge in [0, 0.05) is 24.0 Å². The smallest absolute Gasteiger partial charge is 0.251 e. The normalized spacial score (nSPS) is 10.0. The van der Waals surface area contributed by atoms with Gasteiger partial charge in [-0.1, -0.05) is 24.3 Å². The van der Waals surface area contributed by atoms with E-state index in [9.17, 15) is 9.59 Å². The molecule has 2 aromatic rings. The van der Waals surface area contributed by atoms with Gasteiger partial charge in [0.2, 0.25) is 5.91 Å². The molecule has 0 radical (unpaired) electrons. The zero-order chi connectivity index (χ0) is 16.8. The largest absolute Gasteiger partial charge is 0.376 e. The van der Waals surface area contributed by atoms with Crippen LogP contribution in [0.3, 0.4) is 0 Å². The van der Waals surface area contributed by atoms with Gasteiger partial charge in [-0.05, 0) is 43.2 Å². The van der Waals surface area contributed by atoms with Gasteiger partial charge in [0.1, 0.15) is 0 Å². The van der Waals surface area contributed by atoms with Crippen LogP contribution in [0.1, 0.15) is 21.5 Å². The number of para-hydroxylation sites is 1. The second kappa shape index (κ2) is 7.45. The van der Waals surface area contributed by atoms with Gasteiger partial charge in [-0.15, -0.1) is 0 Å². The minimum atomic E-state index is -0.143. The van der Waals surface area contributed by atoms with Crippen LogP contribution in [0.5, 0.6) is 0 Å². The highest BCUT2D eigenvalue weighted by Crippen LogP contribution is 2.19. The SMILES string of the molecule is CNC(=O)c1cccc(NCC(=O)Nc2ccccc2C)c1C. The molecule has 23 heavy (non-hydrogen) atoms. The summed E-state index contributed by atoms with van der Waals surface area (Å²) >= 11 is 0. The monoisotopic (exact) mass is 311 g/mol. The van der Waals surface area contributed by atoms with Crippen LogP contribution in [-0.2, 0) is 4.79 Å². The molecule has 0 aliphatic rings. The van der Waals surface area contributed by atoms with Crippen molar-refractivity contribution in [1.82, 2.24) is 5.32 Å². The molecule has 0 unspecified atom stereocenters. The maximum absolute atomic E-state index is 12.1. The number of carbonyl (C=O) groups is 2. The Balaban J connectivity index is 2.02. The van der Waals surface area contributed by atoms with Crippen molar-refractivity contribution in [1.29, 1.82) is 0 Å². The van der Waals surface area contributed by atoms with Gasteiger partial charge in [0.05, 0.1) is 6.54 Å². The summed E-state index contributed by atoms with van der Waals surface area (Å²) < 4.78 is 0. The fraction of sp³-hybridized carbons (Fsp3) is 0.222. The summed E-state index contributed by atoms with van der Waals surface area (Å²) in [6, 6.07) is 13.0. The number of aryl methyl sites for hydroxylation is 1. The van der Waals surface area contributed by atoms with E-state index in [2.05, 4.69) is 16.0 Å². The van der Waals surface area contributed by atoms with Crippen LogP contribution in [0.4, 0.5) is 11.4 Å². The van der Waals surface area contributed by atoms with E-state index in [0.717, 1.165) is 22.5 Å². The molecule has 2 rings (SSSR count). The molecule has 0 bridgehead atoms. The average Bonchev–Trinajstić information content (AvgIpc) is 2.55. The number of benzene rings is 2. The van der Waals surface area contributed by atoms with Crippen LogP contribution in [0.2, 0.25) is 0 Å². The minimum absolute atomic E-state index is 0.131. The van der Waals surface area contributed by atoms with Gasteiger partial charge in [-0.3, -0.25) is 9.59 Å². The molecular formula is C18H21N3O2. The number of amides is 2. The van der Waals surface area contributed by atoms with E-state index in [-0.39, 0.29) is 18.4 Å². The number of nitrogens with one attached hydrogen (secondary N) is 3. The van der Waals surface area contributed by atoms with Gasteiger partial charge in [0.25, 0.3) is 5.91 Å². The third-order valence-electron chi connectivity index (χ3n) is 3.66. The Kier molecular flexibility index (Phi) is 5.36. The standard InChI is InChI=1S/C18H21N3O2/c1-12-7-4-5-9-15(12)21-17(22)11-20-16-10-6-8-14(13(16)2)18(23)19-3/h4-10,20H,11H2,1-3H3,(H,19,23)(H,21,22). The second-order valence-corrected chi connectivity index (χ2v) is 5.27. The van der Waals surface area contributed by atoms with Gasteiger partial charge in [-0.25, -0.2) is 0 Å². The molecule has 0 atom stereocenters. The summed E-state index contributed by atoms with van der Waals surface area (Å²) in [5.41, 5.74) is 3.99. The van der Waals surface area contributed by atoms with Crippen LogP contribution in [-0.4, -0.2) is 25.4 Å². The quantitative estimate of drug-likeness (QED) is 0.795. The molecule has 2 amide bonds. The van der Waals surface area contributed by atoms with Crippen LogP contribution in [0.25, 0.3) is 0 Å². The van der Waals surface area contributed by atoms with Gasteiger partial charge in [-0.2, -0.15) is 0 Å². The zero-order valence-electron chi connectivity index (χ0n) is 13.6. The first-order valence-corrected chi connectivity index (χ1v) is 7.44. The first-order valence-electron chi connectivity index (χ1n) is 7.44. The third kappa shape index (κ3) is 4.10. The first-order chi connectivity index (χ1) is 11.0. The molecule has 0 saturated carbocycles. The molecule has 0 heterocycles. The summed E-state index contributed by atoms with van der Waals surface area (Å²) in [7, 11) is 1.59. The highest BCUT2D eigenvalue weighted by Gasteiger charge is 2.11. The Labute approximate surface area is 136 Å². The number of carbonyl (C=O) groups excluding carboxylic acids is 2. The molecule has 0 aliphatic heterocycles. The Morgan fingerprint density at radius 2 is 1.65 bits per heavy atom. The van der Waals surface area contributed by atoms with Crippen molar-refractivity contribution in [2.45, 2.75) is 13.8 Å². The molecular weight excluding hydrogens is 290 g/mol. The maximum atomic E-state index is 12.1. The fourth-order valence-corrected chi connectivity index (χ4v) is 2.29. The molecule has 5 nitrogen and oxygen atoms in total. The molecule has 0 spiro atoms. The highest BCUT2D eigenvalue weighted by atomic mass is 16.2. The molecule has 3 N–H and O–H groups in total. The Morgan fingerprint density at radius 3 is 2.35 bits per heavy atom. The van der Waals surface area contributed by atoms with Crippen molar-refractivity contribution in [3.05, 3.63) is 59.2 Å². The maximum Gasteiger partial charge on any atom is 0.251 e. The van der Waals surface area contributed by atoms with Gasteiger partial charge in [0.15, 0.2) is 0 Å². The average molecular weight is 311 g/mol. The van der Waals surface area contributed by atoms with Crippen LogP contribution >= 0.6 is 0 Å². The van der Waals surface area contributed by atoms with Crippen molar-refractivity contribution in [2.24, 2.45) is 0 Å². The summed E-state index contributed by atoms with van der Waals surface area (Å²) in [6.45, 7) is 3.93. The summed E-state index contributed by atoms with van der Waals surface area (Å²) in [4.78, 5) is 23.9. The number of anilines is 2. The lowest BCUT2D eigenvalue weighted by molar-refractivity contribution is -0.114. The molecule has 0 aromatic heterocycles. The first kappa shape index (κ1) is 16.5. The van der Waals surface area contributed by atoms with Crippen molar-refractivity contribution < 1.29 is 9.59 Å². The van der Waals surface area contributed by atoms with Crippen molar-refractivity contribution in [3.8, 4) is 0 Å². The summed E-state index contributed by atoms with van der Waals surface area (Å²) in [5, 5.41) is 8.55. The molecule has 0 saturated heterocycles. The number of rotatable bonds is 5. The third-order valence-corrected chi connectivity index (χ3v) is 3.66. The zero-order valence-corrected chi connectivity index (χ0v) is 13.6. The second-order valence-electron chi connectivity index (χ2n) is 5.27. The number of hydrogen-bond acceptors (Lipinski definition) is 3. The van der Waals surface area contributed by atoms with E-state index in [1.54, 1.807) is 19.2 Å². The van der Waals surface area contributed by atoms with Crippen molar-refractivity contribution in [3.63, 3.8) is 0 Å². The van der Waals surface area contributed by atoms with E-state index in [4.69, 9.17) is 0 Å². The van der Waals surface area contributed by atoms with E-state index in [1.165, 1.54) is 0 Å². The lowest BCUT2D eigenvalue weighted by atomic mass is 10.1. The molecule has 2 aromatic carbocycles. The predicted molar refractivity (Wildman–Crippen MR) is 92.9 cm³/mol. The molecule has 0 aliphatic carbocycles. The van der Waals surface area contributed by atoms with E-state index in [1.807, 2.05) is 44.2 Å². The molecule has 5 heteroatoms. The van der Waals surface area contributed by atoms with Gasteiger partial charge >= 0.3 is 0 Å². The minimum Gasteiger partial charge on any atom is -0.376 e. The van der Waals surface area contributed by atoms with E-state index in [0.29, 0.717) is 5.56 Å². The Bertz CT molecular complexity index is 726. The van der Waals surface area contributed by atoms with Crippen LogP contribution in [0.15, 0.2) is 42.5 Å². The molecule has 120 valence electrons. The Morgan fingerprint density at radius 1 is 0.957 bits per heavy atom. The molecule has 0 fully saturated rings. The predicted octanol–water partition coefficient (Wildman–Crippen LogP) is 2.71. The number of hydrogen-bond donors (Lipinski definition) is 3. The van der Waals surface area contributed by atoms with Gasteiger partial charge < -0.3 is 16.0 Å². The Hall–Kier alpha value is -2.82. The topological polar surface area (TPSA) is 70.2 Å². The van der Waals surface area contributed by atoms with E-state index >= 15 is 0 Å². The summed E-state index contributed by atoms with van der Waals surface area (Å²) in [5.74, 6) is -0.278. The van der Waals surface area contributed by atoms with E-state index < -0.39 is 0 Å². The van der Waals surface area contributed by atoms with Crippen LogP contribution in [0, 0.1) is 13.8 Å². The lowest BCUT2D eigenvalue weighted by Crippen LogP contribution is -2.23. The fourth-order valence-electron chi connectivity index (χ4n) is 2.29. The van der Waals surface area contributed by atoms with Crippen LogP contribution < -0.4 is 16.0 Å².